The van der Waals surface area contributed by atoms with Crippen LogP contribution >= 0.6 is 11.3 Å². The van der Waals surface area contributed by atoms with E-state index >= 15 is 0 Å². The Labute approximate surface area is 173 Å². The molecule has 0 spiro atoms. The Bertz CT molecular complexity index is 1130. The second kappa shape index (κ2) is 7.56. The number of amides is 2. The first kappa shape index (κ1) is 19.0. The van der Waals surface area contributed by atoms with Crippen LogP contribution in [0.5, 0.6) is 5.75 Å². The molecule has 0 saturated carbocycles. The molecule has 1 N–H and O–H groups in total. The Morgan fingerprint density at radius 3 is 2.48 bits per heavy atom. The fraction of sp³-hybridized carbons (Fsp3) is 0.130. The second-order valence-corrected chi connectivity index (χ2v) is 7.77. The minimum atomic E-state index is -0.367. The third-order valence-electron chi connectivity index (χ3n) is 4.78. The Morgan fingerprint density at radius 2 is 1.79 bits per heavy atom. The summed E-state index contributed by atoms with van der Waals surface area (Å²) in [6, 6.07) is 16.7. The molecule has 0 unspecified atom stereocenters. The molecule has 6 heteroatoms. The molecule has 0 aliphatic carbocycles. The Balaban J connectivity index is 1.80. The van der Waals surface area contributed by atoms with E-state index < -0.39 is 0 Å². The van der Waals surface area contributed by atoms with Gasteiger partial charge in [0.1, 0.15) is 11.4 Å². The van der Waals surface area contributed by atoms with Gasteiger partial charge in [-0.25, -0.2) is 4.90 Å². The predicted octanol–water partition coefficient (Wildman–Crippen LogP) is 4.77. The third-order valence-corrected chi connectivity index (χ3v) is 5.67. The van der Waals surface area contributed by atoms with Gasteiger partial charge in [0.05, 0.1) is 18.4 Å². The summed E-state index contributed by atoms with van der Waals surface area (Å²) in [5, 5.41) is 5.05. The minimum absolute atomic E-state index is 0.269. The molecule has 29 heavy (non-hydrogen) atoms. The summed E-state index contributed by atoms with van der Waals surface area (Å²) in [5.74, 6) is -0.0285. The van der Waals surface area contributed by atoms with E-state index in [1.165, 1.54) is 16.2 Å². The number of aryl methyl sites for hydroxylation is 2. The quantitative estimate of drug-likeness (QED) is 0.623. The smallest absolute Gasteiger partial charge is 0.282 e. The molecule has 0 bridgehead atoms. The van der Waals surface area contributed by atoms with E-state index in [1.807, 2.05) is 67.8 Å². The summed E-state index contributed by atoms with van der Waals surface area (Å²) in [6.45, 7) is 3.89. The molecule has 4 rings (SSSR count). The highest BCUT2D eigenvalue weighted by atomic mass is 32.1. The SMILES string of the molecule is COc1cccc(NC2=C(c3cccs3)C(=O)N(c3ccc(C)cc3C)C2=O)c1. The average Bonchev–Trinajstić information content (AvgIpc) is 3.30. The number of thiophene rings is 1. The first-order valence-corrected chi connectivity index (χ1v) is 10.0. The van der Waals surface area contributed by atoms with Crippen molar-refractivity contribution >= 4 is 40.1 Å². The molecule has 1 aliphatic rings. The highest BCUT2D eigenvalue weighted by molar-refractivity contribution is 7.11. The lowest BCUT2D eigenvalue weighted by molar-refractivity contribution is -0.120. The van der Waals surface area contributed by atoms with Gasteiger partial charge in [0.15, 0.2) is 0 Å². The summed E-state index contributed by atoms with van der Waals surface area (Å²) in [7, 11) is 1.58. The van der Waals surface area contributed by atoms with Crippen LogP contribution in [0.1, 0.15) is 16.0 Å². The molecule has 2 heterocycles. The lowest BCUT2D eigenvalue weighted by Crippen LogP contribution is -2.33. The van der Waals surface area contributed by atoms with Crippen molar-refractivity contribution in [2.45, 2.75) is 13.8 Å². The number of methoxy groups -OCH3 is 1. The number of rotatable bonds is 5. The number of anilines is 2. The van der Waals surface area contributed by atoms with E-state index in [4.69, 9.17) is 4.74 Å². The Hall–Kier alpha value is -3.38. The summed E-state index contributed by atoms with van der Waals surface area (Å²) >= 11 is 1.43. The van der Waals surface area contributed by atoms with Gasteiger partial charge in [-0.3, -0.25) is 9.59 Å². The molecule has 0 atom stereocenters. The van der Waals surface area contributed by atoms with Gasteiger partial charge in [0.2, 0.25) is 0 Å². The number of hydrogen-bond donors (Lipinski definition) is 1. The lowest BCUT2D eigenvalue weighted by atomic mass is 10.1. The fourth-order valence-corrected chi connectivity index (χ4v) is 4.18. The van der Waals surface area contributed by atoms with Crippen LogP contribution in [-0.4, -0.2) is 18.9 Å². The number of nitrogens with one attached hydrogen (secondary N) is 1. The van der Waals surface area contributed by atoms with E-state index in [-0.39, 0.29) is 17.5 Å². The van der Waals surface area contributed by atoms with Crippen molar-refractivity contribution < 1.29 is 14.3 Å². The van der Waals surface area contributed by atoms with E-state index in [9.17, 15) is 9.59 Å². The van der Waals surface area contributed by atoms with Crippen LogP contribution in [0.4, 0.5) is 11.4 Å². The summed E-state index contributed by atoms with van der Waals surface area (Å²) in [4.78, 5) is 28.7. The molecule has 2 aromatic carbocycles. The molecule has 0 radical (unpaired) electrons. The van der Waals surface area contributed by atoms with Crippen molar-refractivity contribution in [1.82, 2.24) is 0 Å². The summed E-state index contributed by atoms with van der Waals surface area (Å²) in [6.07, 6.45) is 0. The Kier molecular flexibility index (Phi) is 4.94. The van der Waals surface area contributed by atoms with Crippen LogP contribution in [0.15, 0.2) is 65.7 Å². The van der Waals surface area contributed by atoms with Crippen LogP contribution < -0.4 is 15.0 Å². The largest absolute Gasteiger partial charge is 0.497 e. The summed E-state index contributed by atoms with van der Waals surface area (Å²) < 4.78 is 5.27. The number of benzene rings is 2. The van der Waals surface area contributed by atoms with Gasteiger partial charge in [0.25, 0.3) is 11.8 Å². The van der Waals surface area contributed by atoms with E-state index in [0.29, 0.717) is 22.7 Å². The van der Waals surface area contributed by atoms with Crippen molar-refractivity contribution in [1.29, 1.82) is 0 Å². The minimum Gasteiger partial charge on any atom is -0.497 e. The third kappa shape index (κ3) is 3.43. The predicted molar refractivity (Wildman–Crippen MR) is 116 cm³/mol. The first-order chi connectivity index (χ1) is 14.0. The zero-order chi connectivity index (χ0) is 20.5. The van der Waals surface area contributed by atoms with E-state index in [2.05, 4.69) is 5.32 Å². The number of ether oxygens (including phenoxy) is 1. The topological polar surface area (TPSA) is 58.6 Å². The maximum absolute atomic E-state index is 13.4. The average molecular weight is 404 g/mol. The standard InChI is InChI=1S/C23H20N2O3S/c1-14-9-10-18(15(2)12-14)25-22(26)20(19-8-5-11-29-19)21(23(25)27)24-16-6-4-7-17(13-16)28-3/h4-13,24H,1-3H3. The van der Waals surface area contributed by atoms with Crippen LogP contribution in [0, 0.1) is 13.8 Å². The van der Waals surface area contributed by atoms with Gasteiger partial charge in [-0.15, -0.1) is 11.3 Å². The van der Waals surface area contributed by atoms with Crippen molar-refractivity contribution in [2.75, 3.05) is 17.3 Å². The highest BCUT2D eigenvalue weighted by Gasteiger charge is 2.41. The molecule has 146 valence electrons. The van der Waals surface area contributed by atoms with Gasteiger partial charge in [-0.1, -0.05) is 29.8 Å². The summed E-state index contributed by atoms with van der Waals surface area (Å²) in [5.41, 5.74) is 3.88. The fourth-order valence-electron chi connectivity index (χ4n) is 3.42. The molecule has 1 aromatic heterocycles. The maximum atomic E-state index is 13.4. The van der Waals surface area contributed by atoms with Crippen LogP contribution in [0.3, 0.4) is 0 Å². The molecule has 2 amide bonds. The van der Waals surface area contributed by atoms with Crippen molar-refractivity contribution in [3.8, 4) is 5.75 Å². The van der Waals surface area contributed by atoms with Crippen molar-refractivity contribution in [3.05, 3.63) is 81.7 Å². The number of hydrogen-bond acceptors (Lipinski definition) is 5. The number of imide groups is 1. The number of nitrogens with zero attached hydrogens (tertiary/aromatic N) is 1. The van der Waals surface area contributed by atoms with Gasteiger partial charge in [-0.05, 0) is 49.1 Å². The molecule has 5 nitrogen and oxygen atoms in total. The van der Waals surface area contributed by atoms with Gasteiger partial charge in [0, 0.05) is 16.6 Å². The molecule has 0 fully saturated rings. The lowest BCUT2D eigenvalue weighted by Gasteiger charge is -2.18. The number of carbonyl (C=O) groups is 2. The molecular weight excluding hydrogens is 384 g/mol. The zero-order valence-corrected chi connectivity index (χ0v) is 17.2. The normalized spacial score (nSPS) is 14.0. The Morgan fingerprint density at radius 1 is 0.966 bits per heavy atom. The van der Waals surface area contributed by atoms with Gasteiger partial charge in [-0.2, -0.15) is 0 Å². The van der Waals surface area contributed by atoms with Gasteiger partial charge < -0.3 is 10.1 Å². The van der Waals surface area contributed by atoms with E-state index in [1.54, 1.807) is 13.2 Å². The maximum Gasteiger partial charge on any atom is 0.282 e. The van der Waals surface area contributed by atoms with Gasteiger partial charge >= 0.3 is 0 Å². The first-order valence-electron chi connectivity index (χ1n) is 9.15. The monoisotopic (exact) mass is 404 g/mol. The second-order valence-electron chi connectivity index (χ2n) is 6.82. The van der Waals surface area contributed by atoms with Crippen LogP contribution in [-0.2, 0) is 9.59 Å². The molecule has 0 saturated heterocycles. The van der Waals surface area contributed by atoms with Crippen molar-refractivity contribution in [2.24, 2.45) is 0 Å². The molecule has 1 aliphatic heterocycles. The molecular formula is C23H20N2O3S. The van der Waals surface area contributed by atoms with Crippen LogP contribution in [0.25, 0.3) is 5.57 Å². The highest BCUT2D eigenvalue weighted by Crippen LogP contribution is 2.37. The van der Waals surface area contributed by atoms with E-state index in [0.717, 1.165) is 16.0 Å². The zero-order valence-electron chi connectivity index (χ0n) is 16.4. The number of carbonyl (C=O) groups excluding carboxylic acids is 2. The van der Waals surface area contributed by atoms with Crippen molar-refractivity contribution in [3.63, 3.8) is 0 Å². The molecule has 3 aromatic rings. The van der Waals surface area contributed by atoms with Crippen LogP contribution in [0.2, 0.25) is 0 Å².